The van der Waals surface area contributed by atoms with Crippen LogP contribution in [0.1, 0.15) is 12.0 Å². The van der Waals surface area contributed by atoms with Crippen molar-refractivity contribution in [3.05, 3.63) is 17.7 Å². The van der Waals surface area contributed by atoms with E-state index in [0.29, 0.717) is 23.6 Å². The van der Waals surface area contributed by atoms with Gasteiger partial charge in [0.2, 0.25) is 10.0 Å². The van der Waals surface area contributed by atoms with Gasteiger partial charge in [0.05, 0.1) is 19.1 Å². The van der Waals surface area contributed by atoms with Gasteiger partial charge >= 0.3 is 0 Å². The third-order valence-electron chi connectivity index (χ3n) is 3.35. The fraction of sp³-hybridized carbons (Fsp3) is 0.538. The predicted octanol–water partition coefficient (Wildman–Crippen LogP) is 1.07. The first-order valence-corrected chi connectivity index (χ1v) is 7.92. The van der Waals surface area contributed by atoms with Crippen LogP contribution >= 0.6 is 12.4 Å². The number of rotatable bonds is 5. The van der Waals surface area contributed by atoms with Crippen LogP contribution in [-0.2, 0) is 10.0 Å². The van der Waals surface area contributed by atoms with Gasteiger partial charge in [-0.05, 0) is 31.5 Å². The van der Waals surface area contributed by atoms with Crippen molar-refractivity contribution >= 4 is 22.4 Å². The summed E-state index contributed by atoms with van der Waals surface area (Å²) in [4.78, 5) is 0.224. The highest BCUT2D eigenvalue weighted by Gasteiger charge is 2.25. The Balaban J connectivity index is 0.00000220. The molecular weight excluding hydrogens is 316 g/mol. The molecule has 1 aromatic carbocycles. The number of benzene rings is 1. The van der Waals surface area contributed by atoms with E-state index in [1.807, 2.05) is 0 Å². The number of sulfonamides is 1. The molecule has 8 heteroatoms. The lowest BCUT2D eigenvalue weighted by molar-refractivity contribution is 0.353. The monoisotopic (exact) mass is 336 g/mol. The second kappa shape index (κ2) is 7.31. The van der Waals surface area contributed by atoms with Crippen LogP contribution in [0.3, 0.4) is 0 Å². The van der Waals surface area contributed by atoms with Crippen molar-refractivity contribution in [1.29, 1.82) is 0 Å². The normalized spacial score (nSPS) is 18.1. The Labute approximate surface area is 131 Å². The Morgan fingerprint density at radius 2 is 1.86 bits per heavy atom. The Kier molecular flexibility index (Phi) is 6.27. The number of hydrogen-bond acceptors (Lipinski definition) is 5. The fourth-order valence-corrected chi connectivity index (χ4v) is 3.80. The van der Waals surface area contributed by atoms with Crippen LogP contribution in [0.2, 0.25) is 0 Å². The molecule has 2 rings (SSSR count). The molecular formula is C13H21ClN2O4S. The SMILES string of the molecule is COc1cc(C)c(S(=O)(=O)NC2CCNC2)cc1OC.Cl. The maximum Gasteiger partial charge on any atom is 0.241 e. The second-order valence-electron chi connectivity index (χ2n) is 4.78. The molecule has 1 heterocycles. The van der Waals surface area contributed by atoms with Crippen molar-refractivity contribution in [2.75, 3.05) is 27.3 Å². The average Bonchev–Trinajstić information content (AvgIpc) is 2.90. The van der Waals surface area contributed by atoms with E-state index in [1.54, 1.807) is 13.0 Å². The quantitative estimate of drug-likeness (QED) is 0.841. The number of aryl methyl sites for hydroxylation is 1. The van der Waals surface area contributed by atoms with Crippen molar-refractivity contribution < 1.29 is 17.9 Å². The van der Waals surface area contributed by atoms with E-state index in [9.17, 15) is 8.42 Å². The molecule has 21 heavy (non-hydrogen) atoms. The first-order chi connectivity index (χ1) is 9.47. The molecule has 1 unspecified atom stereocenters. The summed E-state index contributed by atoms with van der Waals surface area (Å²) in [7, 11) is -0.552. The molecule has 0 aromatic heterocycles. The van der Waals surface area contributed by atoms with E-state index in [2.05, 4.69) is 10.0 Å². The van der Waals surface area contributed by atoms with Gasteiger partial charge in [0.1, 0.15) is 0 Å². The number of halogens is 1. The molecule has 1 aromatic rings. The Morgan fingerprint density at radius 1 is 1.24 bits per heavy atom. The maximum absolute atomic E-state index is 12.4. The zero-order chi connectivity index (χ0) is 14.8. The first-order valence-electron chi connectivity index (χ1n) is 6.43. The molecule has 0 radical (unpaired) electrons. The molecule has 6 nitrogen and oxygen atoms in total. The zero-order valence-corrected chi connectivity index (χ0v) is 13.9. The van der Waals surface area contributed by atoms with E-state index in [4.69, 9.17) is 9.47 Å². The smallest absolute Gasteiger partial charge is 0.241 e. The molecule has 0 bridgehead atoms. The minimum absolute atomic E-state index is 0. The molecule has 1 saturated heterocycles. The number of nitrogens with one attached hydrogen (secondary N) is 2. The summed E-state index contributed by atoms with van der Waals surface area (Å²) in [6.45, 7) is 3.23. The summed E-state index contributed by atoms with van der Waals surface area (Å²) in [5.74, 6) is 0.925. The zero-order valence-electron chi connectivity index (χ0n) is 12.3. The average molecular weight is 337 g/mol. The molecule has 1 atom stereocenters. The number of methoxy groups -OCH3 is 2. The van der Waals surface area contributed by atoms with Crippen molar-refractivity contribution in [2.45, 2.75) is 24.3 Å². The van der Waals surface area contributed by atoms with Crippen LogP contribution in [0.15, 0.2) is 17.0 Å². The molecule has 120 valence electrons. The van der Waals surface area contributed by atoms with Gasteiger partial charge in [-0.15, -0.1) is 12.4 Å². The Morgan fingerprint density at radius 3 is 2.38 bits per heavy atom. The van der Waals surface area contributed by atoms with E-state index < -0.39 is 10.0 Å². The highest BCUT2D eigenvalue weighted by molar-refractivity contribution is 7.89. The molecule has 2 N–H and O–H groups in total. The topological polar surface area (TPSA) is 76.7 Å². The lowest BCUT2D eigenvalue weighted by Crippen LogP contribution is -2.36. The standard InChI is InChI=1S/C13H20N2O4S.ClH/c1-9-6-11(18-2)12(19-3)7-13(9)20(16,17)15-10-4-5-14-8-10;/h6-7,10,14-15H,4-5,8H2,1-3H3;1H. The van der Waals surface area contributed by atoms with Crippen LogP contribution in [0.5, 0.6) is 11.5 Å². The third-order valence-corrected chi connectivity index (χ3v) is 5.02. The summed E-state index contributed by atoms with van der Waals surface area (Å²) in [5.41, 5.74) is 0.626. The Bertz CT molecular complexity index is 586. The third kappa shape index (κ3) is 4.00. The maximum atomic E-state index is 12.4. The minimum atomic E-state index is -3.56. The first kappa shape index (κ1) is 18.0. The van der Waals surface area contributed by atoms with Gasteiger partial charge in [-0.3, -0.25) is 0 Å². The summed E-state index contributed by atoms with van der Waals surface area (Å²) < 4.78 is 37.9. The van der Waals surface area contributed by atoms with Crippen LogP contribution < -0.4 is 19.5 Å². The summed E-state index contributed by atoms with van der Waals surface area (Å²) >= 11 is 0. The number of hydrogen-bond donors (Lipinski definition) is 2. The highest BCUT2D eigenvalue weighted by Crippen LogP contribution is 2.32. The molecule has 1 fully saturated rings. The van der Waals surface area contributed by atoms with Gasteiger partial charge in [0.15, 0.2) is 11.5 Å². The molecule has 1 aliphatic heterocycles. The van der Waals surface area contributed by atoms with Crippen LogP contribution in [0.4, 0.5) is 0 Å². The van der Waals surface area contributed by atoms with Crippen molar-refractivity contribution in [1.82, 2.24) is 10.0 Å². The molecule has 0 spiro atoms. The van der Waals surface area contributed by atoms with Gasteiger partial charge < -0.3 is 14.8 Å². The molecule has 0 amide bonds. The van der Waals surface area contributed by atoms with Gasteiger partial charge in [0, 0.05) is 18.7 Å². The summed E-state index contributed by atoms with van der Waals surface area (Å²) in [6, 6.07) is 3.10. The van der Waals surface area contributed by atoms with Crippen molar-refractivity contribution in [3.8, 4) is 11.5 Å². The largest absolute Gasteiger partial charge is 0.493 e. The summed E-state index contributed by atoms with van der Waals surface area (Å²) in [6.07, 6.45) is 0.797. The van der Waals surface area contributed by atoms with Gasteiger partial charge in [-0.25, -0.2) is 13.1 Å². The van der Waals surface area contributed by atoms with E-state index in [-0.39, 0.29) is 23.3 Å². The molecule has 1 aliphatic rings. The van der Waals surface area contributed by atoms with Crippen molar-refractivity contribution in [2.24, 2.45) is 0 Å². The van der Waals surface area contributed by atoms with Crippen molar-refractivity contribution in [3.63, 3.8) is 0 Å². The van der Waals surface area contributed by atoms with E-state index in [1.165, 1.54) is 20.3 Å². The lowest BCUT2D eigenvalue weighted by Gasteiger charge is -2.16. The number of ether oxygens (including phenoxy) is 2. The van der Waals surface area contributed by atoms with Gasteiger partial charge in [-0.1, -0.05) is 0 Å². The van der Waals surface area contributed by atoms with E-state index >= 15 is 0 Å². The minimum Gasteiger partial charge on any atom is -0.493 e. The summed E-state index contributed by atoms with van der Waals surface area (Å²) in [5, 5.41) is 3.13. The predicted molar refractivity (Wildman–Crippen MR) is 83.1 cm³/mol. The Hall–Kier alpha value is -1.02. The van der Waals surface area contributed by atoms with Gasteiger partial charge in [0.25, 0.3) is 0 Å². The van der Waals surface area contributed by atoms with Gasteiger partial charge in [-0.2, -0.15) is 0 Å². The lowest BCUT2D eigenvalue weighted by atomic mass is 10.2. The fourth-order valence-electron chi connectivity index (χ4n) is 2.29. The second-order valence-corrected chi connectivity index (χ2v) is 6.47. The molecule has 0 saturated carbocycles. The molecule has 0 aliphatic carbocycles. The van der Waals surface area contributed by atoms with Crippen LogP contribution in [0, 0.1) is 6.92 Å². The van der Waals surface area contributed by atoms with Crippen LogP contribution in [0.25, 0.3) is 0 Å². The van der Waals surface area contributed by atoms with Crippen LogP contribution in [-0.4, -0.2) is 41.8 Å². The van der Waals surface area contributed by atoms with E-state index in [0.717, 1.165) is 13.0 Å². The highest BCUT2D eigenvalue weighted by atomic mass is 35.5.